The van der Waals surface area contributed by atoms with Crippen molar-refractivity contribution >= 4 is 11.8 Å². The third-order valence-corrected chi connectivity index (χ3v) is 4.33. The average molecular weight is 368 g/mol. The highest BCUT2D eigenvalue weighted by Crippen LogP contribution is 2.12. The monoisotopic (exact) mass is 368 g/mol. The number of nitrogens with zero attached hydrogens (tertiary/aromatic N) is 3. The van der Waals surface area contributed by atoms with Gasteiger partial charge in [-0.05, 0) is 24.8 Å². The minimum atomic E-state index is -0.187. The normalized spacial score (nSPS) is 11.9. The van der Waals surface area contributed by atoms with Crippen molar-refractivity contribution in [2.75, 3.05) is 13.1 Å². The summed E-state index contributed by atoms with van der Waals surface area (Å²) >= 11 is 0. The zero-order chi connectivity index (χ0) is 19.6. The van der Waals surface area contributed by atoms with Crippen molar-refractivity contribution in [3.63, 3.8) is 0 Å². The minimum absolute atomic E-state index is 0.0708. The van der Waals surface area contributed by atoms with Gasteiger partial charge in [0.05, 0.1) is 12.2 Å². The molecular formula is C21H28N4O2. The molecule has 1 atom stereocenters. The van der Waals surface area contributed by atoms with Crippen molar-refractivity contribution < 1.29 is 9.59 Å². The second kappa shape index (κ2) is 10.4. The molecule has 6 nitrogen and oxygen atoms in total. The molecule has 2 rings (SSSR count). The lowest BCUT2D eigenvalue weighted by Crippen LogP contribution is -2.37. The summed E-state index contributed by atoms with van der Waals surface area (Å²) in [5.74, 6) is 0.203. The van der Waals surface area contributed by atoms with Gasteiger partial charge in [0.25, 0.3) is 5.91 Å². The highest BCUT2D eigenvalue weighted by molar-refractivity contribution is 5.92. The molecule has 1 aromatic carbocycles. The maximum Gasteiger partial charge on any atom is 0.274 e. The molecule has 0 spiro atoms. The molecule has 0 aliphatic carbocycles. The SMILES string of the molecule is CC(C)CCN(CCC(=O)NC(C)c1ccccc1)C(=O)c1cnccn1. The second-order valence-electron chi connectivity index (χ2n) is 7.02. The van der Waals surface area contributed by atoms with E-state index in [9.17, 15) is 9.59 Å². The number of hydrogen-bond acceptors (Lipinski definition) is 4. The molecule has 2 aromatic rings. The van der Waals surface area contributed by atoms with E-state index >= 15 is 0 Å². The summed E-state index contributed by atoms with van der Waals surface area (Å²) in [6.45, 7) is 7.12. The van der Waals surface area contributed by atoms with E-state index in [0.29, 0.717) is 24.7 Å². The number of benzene rings is 1. The number of aromatic nitrogens is 2. The van der Waals surface area contributed by atoms with Crippen LogP contribution in [0.5, 0.6) is 0 Å². The summed E-state index contributed by atoms with van der Waals surface area (Å²) < 4.78 is 0. The Hall–Kier alpha value is -2.76. The van der Waals surface area contributed by atoms with Crippen molar-refractivity contribution in [1.29, 1.82) is 0 Å². The fraction of sp³-hybridized carbons (Fsp3) is 0.429. The fourth-order valence-electron chi connectivity index (χ4n) is 2.68. The van der Waals surface area contributed by atoms with Crippen LogP contribution in [0.25, 0.3) is 0 Å². The maximum absolute atomic E-state index is 12.7. The van der Waals surface area contributed by atoms with E-state index in [-0.39, 0.29) is 24.3 Å². The van der Waals surface area contributed by atoms with Crippen molar-refractivity contribution in [2.45, 2.75) is 39.7 Å². The molecule has 2 amide bonds. The largest absolute Gasteiger partial charge is 0.350 e. The van der Waals surface area contributed by atoms with Crippen LogP contribution in [0, 0.1) is 5.92 Å². The van der Waals surface area contributed by atoms with Gasteiger partial charge in [0.1, 0.15) is 5.69 Å². The van der Waals surface area contributed by atoms with Gasteiger partial charge in [0.15, 0.2) is 0 Å². The van der Waals surface area contributed by atoms with E-state index in [1.54, 1.807) is 4.90 Å². The molecule has 0 fully saturated rings. The van der Waals surface area contributed by atoms with Crippen LogP contribution in [0.15, 0.2) is 48.9 Å². The summed E-state index contributed by atoms with van der Waals surface area (Å²) in [6, 6.07) is 9.74. The van der Waals surface area contributed by atoms with Crippen molar-refractivity contribution in [3.8, 4) is 0 Å². The van der Waals surface area contributed by atoms with Gasteiger partial charge in [0, 0.05) is 31.9 Å². The van der Waals surface area contributed by atoms with Crippen LogP contribution in [0.4, 0.5) is 0 Å². The molecule has 1 heterocycles. The van der Waals surface area contributed by atoms with Gasteiger partial charge in [0.2, 0.25) is 5.91 Å². The summed E-state index contributed by atoms with van der Waals surface area (Å²) in [4.78, 5) is 34.8. The number of carbonyl (C=O) groups excluding carboxylic acids is 2. The Morgan fingerprint density at radius 3 is 2.44 bits per heavy atom. The van der Waals surface area contributed by atoms with Crippen LogP contribution >= 0.6 is 0 Å². The zero-order valence-corrected chi connectivity index (χ0v) is 16.3. The Balaban J connectivity index is 1.94. The molecule has 1 aromatic heterocycles. The maximum atomic E-state index is 12.7. The van der Waals surface area contributed by atoms with Crippen molar-refractivity contribution in [1.82, 2.24) is 20.2 Å². The Labute approximate surface area is 161 Å². The number of hydrogen-bond donors (Lipinski definition) is 1. The number of rotatable bonds is 9. The Morgan fingerprint density at radius 1 is 1.07 bits per heavy atom. The van der Waals surface area contributed by atoms with Gasteiger partial charge in [-0.1, -0.05) is 44.2 Å². The van der Waals surface area contributed by atoms with E-state index in [0.717, 1.165) is 12.0 Å². The van der Waals surface area contributed by atoms with Crippen molar-refractivity contribution in [3.05, 3.63) is 60.2 Å². The molecule has 0 aliphatic heterocycles. The number of carbonyl (C=O) groups is 2. The van der Waals surface area contributed by atoms with Crippen LogP contribution in [-0.2, 0) is 4.79 Å². The van der Waals surface area contributed by atoms with Crippen LogP contribution in [-0.4, -0.2) is 39.8 Å². The van der Waals surface area contributed by atoms with Crippen LogP contribution < -0.4 is 5.32 Å². The molecule has 0 aliphatic rings. The van der Waals surface area contributed by atoms with Crippen LogP contribution in [0.1, 0.15) is 55.7 Å². The summed E-state index contributed by atoms with van der Waals surface area (Å²) in [5.41, 5.74) is 1.36. The zero-order valence-electron chi connectivity index (χ0n) is 16.3. The second-order valence-corrected chi connectivity index (χ2v) is 7.02. The predicted molar refractivity (Wildman–Crippen MR) is 105 cm³/mol. The Bertz CT molecular complexity index is 719. The molecule has 0 radical (unpaired) electrons. The lowest BCUT2D eigenvalue weighted by molar-refractivity contribution is -0.121. The van der Waals surface area contributed by atoms with E-state index in [1.807, 2.05) is 37.3 Å². The highest BCUT2D eigenvalue weighted by atomic mass is 16.2. The molecular weight excluding hydrogens is 340 g/mol. The van der Waals surface area contributed by atoms with E-state index < -0.39 is 0 Å². The van der Waals surface area contributed by atoms with E-state index in [1.165, 1.54) is 18.6 Å². The first-order valence-corrected chi connectivity index (χ1v) is 9.37. The van der Waals surface area contributed by atoms with Crippen LogP contribution in [0.2, 0.25) is 0 Å². The van der Waals surface area contributed by atoms with Gasteiger partial charge >= 0.3 is 0 Å². The summed E-state index contributed by atoms with van der Waals surface area (Å²) in [5, 5.41) is 2.99. The van der Waals surface area contributed by atoms with Crippen LogP contribution in [0.3, 0.4) is 0 Å². The smallest absolute Gasteiger partial charge is 0.274 e. The summed E-state index contributed by atoms with van der Waals surface area (Å²) in [6.07, 6.45) is 5.62. The Kier molecular flexibility index (Phi) is 7.92. The topological polar surface area (TPSA) is 75.2 Å². The average Bonchev–Trinajstić information content (AvgIpc) is 2.68. The van der Waals surface area contributed by atoms with E-state index in [2.05, 4.69) is 29.1 Å². The highest BCUT2D eigenvalue weighted by Gasteiger charge is 2.19. The van der Waals surface area contributed by atoms with E-state index in [4.69, 9.17) is 0 Å². The van der Waals surface area contributed by atoms with Crippen molar-refractivity contribution in [2.24, 2.45) is 5.92 Å². The minimum Gasteiger partial charge on any atom is -0.350 e. The molecule has 1 unspecified atom stereocenters. The lowest BCUT2D eigenvalue weighted by Gasteiger charge is -2.23. The molecule has 0 bridgehead atoms. The predicted octanol–water partition coefficient (Wildman–Crippen LogP) is 3.23. The fourth-order valence-corrected chi connectivity index (χ4v) is 2.68. The summed E-state index contributed by atoms with van der Waals surface area (Å²) in [7, 11) is 0. The molecule has 27 heavy (non-hydrogen) atoms. The van der Waals surface area contributed by atoms with Gasteiger partial charge in [-0.2, -0.15) is 0 Å². The first-order valence-electron chi connectivity index (χ1n) is 9.37. The molecule has 1 N–H and O–H groups in total. The number of nitrogens with one attached hydrogen (secondary N) is 1. The quantitative estimate of drug-likeness (QED) is 0.737. The number of amides is 2. The standard InChI is InChI=1S/C21H28N4O2/c1-16(2)9-13-25(21(27)19-15-22-11-12-23-19)14-10-20(26)24-17(3)18-7-5-4-6-8-18/h4-8,11-12,15-17H,9-10,13-14H2,1-3H3,(H,24,26). The Morgan fingerprint density at radius 2 is 1.81 bits per heavy atom. The van der Waals surface area contributed by atoms with Gasteiger partial charge < -0.3 is 10.2 Å². The first kappa shape index (κ1) is 20.6. The third-order valence-electron chi connectivity index (χ3n) is 4.33. The lowest BCUT2D eigenvalue weighted by atomic mass is 10.1. The van der Waals surface area contributed by atoms with Gasteiger partial charge in [-0.25, -0.2) is 4.98 Å². The molecule has 6 heteroatoms. The third kappa shape index (κ3) is 6.81. The molecule has 144 valence electrons. The van der Waals surface area contributed by atoms with Gasteiger partial charge in [-0.3, -0.25) is 14.6 Å². The first-order chi connectivity index (χ1) is 13.0. The molecule has 0 saturated carbocycles. The van der Waals surface area contributed by atoms with Gasteiger partial charge in [-0.15, -0.1) is 0 Å². The molecule has 0 saturated heterocycles.